The molecule has 1 rings (SSSR count). The van der Waals surface area contributed by atoms with Crippen molar-refractivity contribution in [1.29, 1.82) is 0 Å². The van der Waals surface area contributed by atoms with Gasteiger partial charge in [-0.05, 0) is 6.07 Å². The molecule has 4 heteroatoms. The van der Waals surface area contributed by atoms with Crippen molar-refractivity contribution in [2.75, 3.05) is 0 Å². The van der Waals surface area contributed by atoms with Gasteiger partial charge in [-0.25, -0.2) is 8.42 Å². The zero-order valence-corrected chi connectivity index (χ0v) is 6.45. The molecule has 11 heavy (non-hydrogen) atoms. The molecule has 0 spiro atoms. The number of hydrogen-bond donors (Lipinski definition) is 1. The molecule has 0 heterocycles. The molecular formula is C7H6O3S. The summed E-state index contributed by atoms with van der Waals surface area (Å²) in [6.45, 7) is 0. The van der Waals surface area contributed by atoms with Crippen molar-refractivity contribution in [3.63, 3.8) is 0 Å². The van der Waals surface area contributed by atoms with Crippen molar-refractivity contribution < 1.29 is 13.2 Å². The van der Waals surface area contributed by atoms with Crippen LogP contribution in [0.5, 0.6) is 0 Å². The molecule has 0 radical (unpaired) electrons. The minimum Gasteiger partial charge on any atom is -0.298 e. The largest absolute Gasteiger partial charge is 0.298 e. The fourth-order valence-corrected chi connectivity index (χ4v) is 1.30. The third kappa shape index (κ3) is 1.65. The average Bonchev–Trinajstić information content (AvgIpc) is 2.04. The number of thiol groups is 1. The second-order valence-corrected chi connectivity index (χ2v) is 2.93. The normalized spacial score (nSPS) is 9.91. The SMILES string of the molecule is O=Cc1ccccc1[SH](=O)=O. The molecule has 0 amide bonds. The van der Waals surface area contributed by atoms with E-state index in [-0.39, 0.29) is 10.5 Å². The van der Waals surface area contributed by atoms with Crippen LogP contribution in [0.4, 0.5) is 0 Å². The highest BCUT2D eigenvalue weighted by Gasteiger charge is 2.00. The van der Waals surface area contributed by atoms with Crippen LogP contribution in [0.3, 0.4) is 0 Å². The average molecular weight is 170 g/mol. The fourth-order valence-electron chi connectivity index (χ4n) is 0.753. The van der Waals surface area contributed by atoms with E-state index < -0.39 is 10.7 Å². The van der Waals surface area contributed by atoms with Gasteiger partial charge < -0.3 is 0 Å². The minimum atomic E-state index is -2.65. The van der Waals surface area contributed by atoms with Gasteiger partial charge in [0.15, 0.2) is 17.0 Å². The van der Waals surface area contributed by atoms with E-state index in [2.05, 4.69) is 0 Å². The molecule has 0 bridgehead atoms. The molecule has 0 N–H and O–H groups in total. The quantitative estimate of drug-likeness (QED) is 0.518. The highest BCUT2D eigenvalue weighted by atomic mass is 32.2. The zero-order valence-electron chi connectivity index (χ0n) is 5.56. The Morgan fingerprint density at radius 3 is 2.27 bits per heavy atom. The van der Waals surface area contributed by atoms with Crippen molar-refractivity contribution in [3.8, 4) is 0 Å². The van der Waals surface area contributed by atoms with Crippen LogP contribution in [0.1, 0.15) is 10.4 Å². The van der Waals surface area contributed by atoms with Crippen molar-refractivity contribution in [2.45, 2.75) is 4.90 Å². The molecular weight excluding hydrogens is 164 g/mol. The third-order valence-corrected chi connectivity index (χ3v) is 2.06. The first-order chi connectivity index (χ1) is 5.25. The van der Waals surface area contributed by atoms with Gasteiger partial charge in [-0.15, -0.1) is 0 Å². The Balaban J connectivity index is 3.34. The monoisotopic (exact) mass is 170 g/mol. The molecule has 0 aliphatic carbocycles. The van der Waals surface area contributed by atoms with Gasteiger partial charge in [0.2, 0.25) is 0 Å². The first kappa shape index (κ1) is 7.94. The summed E-state index contributed by atoms with van der Waals surface area (Å²) in [5.74, 6) is 0. The Kier molecular flexibility index (Phi) is 2.38. The first-order valence-corrected chi connectivity index (χ1v) is 4.12. The van der Waals surface area contributed by atoms with Crippen LogP contribution < -0.4 is 0 Å². The second-order valence-electron chi connectivity index (χ2n) is 1.93. The lowest BCUT2D eigenvalue weighted by molar-refractivity contribution is 0.112. The standard InChI is InChI=1S/C7H6O3S/c8-5-6-3-1-2-4-7(6)11(9)10/h1-5,11H. The Labute approximate surface area is 65.6 Å². The Hall–Kier alpha value is -1.16. The molecule has 0 fully saturated rings. The Morgan fingerprint density at radius 1 is 1.18 bits per heavy atom. The fraction of sp³-hybridized carbons (Fsp3) is 0. The van der Waals surface area contributed by atoms with E-state index in [0.717, 1.165) is 0 Å². The lowest BCUT2D eigenvalue weighted by Crippen LogP contribution is -1.88. The smallest absolute Gasteiger partial charge is 0.169 e. The maximum absolute atomic E-state index is 10.5. The van der Waals surface area contributed by atoms with Crippen molar-refractivity contribution >= 4 is 17.0 Å². The third-order valence-electron chi connectivity index (χ3n) is 1.26. The number of hydrogen-bond acceptors (Lipinski definition) is 3. The minimum absolute atomic E-state index is 0.0810. The topological polar surface area (TPSA) is 51.2 Å². The van der Waals surface area contributed by atoms with Gasteiger partial charge in [-0.2, -0.15) is 0 Å². The summed E-state index contributed by atoms with van der Waals surface area (Å²) in [6.07, 6.45) is 0.528. The molecule has 0 aliphatic rings. The molecule has 0 aromatic heterocycles. The molecule has 1 aromatic carbocycles. The van der Waals surface area contributed by atoms with Gasteiger partial charge in [0, 0.05) is 5.56 Å². The molecule has 1 aromatic rings. The van der Waals surface area contributed by atoms with E-state index in [1.54, 1.807) is 12.1 Å². The van der Waals surface area contributed by atoms with E-state index >= 15 is 0 Å². The van der Waals surface area contributed by atoms with Crippen LogP contribution in [0.15, 0.2) is 29.2 Å². The summed E-state index contributed by atoms with van der Waals surface area (Å²) in [7, 11) is -2.65. The molecule has 0 saturated heterocycles. The van der Waals surface area contributed by atoms with Gasteiger partial charge in [-0.1, -0.05) is 18.2 Å². The van der Waals surface area contributed by atoms with E-state index in [9.17, 15) is 13.2 Å². The van der Waals surface area contributed by atoms with E-state index in [4.69, 9.17) is 0 Å². The Bertz CT molecular complexity index is 333. The van der Waals surface area contributed by atoms with Crippen LogP contribution in [0, 0.1) is 0 Å². The van der Waals surface area contributed by atoms with Gasteiger partial charge in [-0.3, -0.25) is 4.79 Å². The molecule has 0 atom stereocenters. The Morgan fingerprint density at radius 2 is 1.82 bits per heavy atom. The molecule has 0 saturated carbocycles. The number of rotatable bonds is 2. The van der Waals surface area contributed by atoms with Gasteiger partial charge in [0.25, 0.3) is 0 Å². The van der Waals surface area contributed by atoms with Crippen molar-refractivity contribution in [1.82, 2.24) is 0 Å². The lowest BCUT2D eigenvalue weighted by atomic mass is 10.2. The molecule has 58 valence electrons. The van der Waals surface area contributed by atoms with Crippen LogP contribution in [-0.2, 0) is 10.7 Å². The summed E-state index contributed by atoms with van der Waals surface area (Å²) in [5.41, 5.74) is 0.212. The summed E-state index contributed by atoms with van der Waals surface area (Å²) in [4.78, 5) is 10.3. The van der Waals surface area contributed by atoms with Crippen LogP contribution >= 0.6 is 0 Å². The molecule has 3 nitrogen and oxygen atoms in total. The van der Waals surface area contributed by atoms with Gasteiger partial charge in [0.1, 0.15) is 0 Å². The predicted octanol–water partition coefficient (Wildman–Crippen LogP) is 0.469. The van der Waals surface area contributed by atoms with Gasteiger partial charge >= 0.3 is 0 Å². The number of carbonyl (C=O) groups is 1. The van der Waals surface area contributed by atoms with E-state index in [1.807, 2.05) is 0 Å². The maximum atomic E-state index is 10.5. The summed E-state index contributed by atoms with van der Waals surface area (Å²) < 4.78 is 20.9. The summed E-state index contributed by atoms with van der Waals surface area (Å²) >= 11 is 0. The lowest BCUT2D eigenvalue weighted by Gasteiger charge is -1.92. The van der Waals surface area contributed by atoms with Crippen LogP contribution in [0.25, 0.3) is 0 Å². The predicted molar refractivity (Wildman–Crippen MR) is 40.4 cm³/mol. The highest BCUT2D eigenvalue weighted by molar-refractivity contribution is 7.72. The van der Waals surface area contributed by atoms with Crippen molar-refractivity contribution in [3.05, 3.63) is 29.8 Å². The number of carbonyl (C=O) groups excluding carboxylic acids is 1. The molecule has 0 aliphatic heterocycles. The first-order valence-electron chi connectivity index (χ1n) is 2.94. The van der Waals surface area contributed by atoms with Gasteiger partial charge in [0.05, 0.1) is 4.90 Å². The number of benzene rings is 1. The molecule has 0 unspecified atom stereocenters. The summed E-state index contributed by atoms with van der Waals surface area (Å²) in [5, 5.41) is 0. The highest BCUT2D eigenvalue weighted by Crippen LogP contribution is 2.06. The van der Waals surface area contributed by atoms with Crippen LogP contribution in [-0.4, -0.2) is 14.7 Å². The van der Waals surface area contributed by atoms with Crippen LogP contribution in [0.2, 0.25) is 0 Å². The second kappa shape index (κ2) is 3.30. The van der Waals surface area contributed by atoms with E-state index in [0.29, 0.717) is 6.29 Å². The zero-order chi connectivity index (χ0) is 8.27. The number of aldehydes is 1. The maximum Gasteiger partial charge on any atom is 0.169 e. The van der Waals surface area contributed by atoms with E-state index in [1.165, 1.54) is 12.1 Å². The van der Waals surface area contributed by atoms with Crippen molar-refractivity contribution in [2.24, 2.45) is 0 Å². The summed E-state index contributed by atoms with van der Waals surface area (Å²) in [6, 6.07) is 6.06.